The molecule has 2 aromatic heterocycles. The van der Waals surface area contributed by atoms with Gasteiger partial charge in [0.25, 0.3) is 0 Å². The minimum atomic E-state index is 0. The van der Waals surface area contributed by atoms with Crippen LogP contribution in [0.4, 0.5) is 0 Å². The summed E-state index contributed by atoms with van der Waals surface area (Å²) in [6.07, 6.45) is 6.37. The van der Waals surface area contributed by atoms with Gasteiger partial charge >= 0.3 is 0 Å². The number of aliphatic imine (C=N–C) groups is 1. The van der Waals surface area contributed by atoms with Crippen molar-refractivity contribution >= 4 is 29.9 Å². The number of guanidine groups is 1. The van der Waals surface area contributed by atoms with Crippen LogP contribution >= 0.6 is 24.0 Å². The number of rotatable bonds is 6. The summed E-state index contributed by atoms with van der Waals surface area (Å²) < 4.78 is 1.75. The molecule has 0 amide bonds. The van der Waals surface area contributed by atoms with E-state index in [1.54, 1.807) is 24.1 Å². The summed E-state index contributed by atoms with van der Waals surface area (Å²) in [6.45, 7) is 1.50. The zero-order valence-corrected chi connectivity index (χ0v) is 17.0. The minimum absolute atomic E-state index is 0. The first-order valence-corrected chi connectivity index (χ1v) is 8.28. The van der Waals surface area contributed by atoms with E-state index in [0.717, 1.165) is 30.3 Å². The topological polar surface area (TPSA) is 67.1 Å². The molecule has 0 radical (unpaired) electrons. The molecule has 26 heavy (non-hydrogen) atoms. The van der Waals surface area contributed by atoms with Gasteiger partial charge < -0.3 is 10.6 Å². The Morgan fingerprint density at radius 1 is 1.04 bits per heavy atom. The lowest BCUT2D eigenvalue weighted by Crippen LogP contribution is -2.37. The maximum absolute atomic E-state index is 4.34. The normalized spacial score (nSPS) is 10.9. The summed E-state index contributed by atoms with van der Waals surface area (Å²) >= 11 is 0. The molecule has 2 heterocycles. The van der Waals surface area contributed by atoms with Crippen LogP contribution in [0, 0.1) is 0 Å². The fraction of sp³-hybridized carbons (Fsp3) is 0.211. The van der Waals surface area contributed by atoms with Gasteiger partial charge in [-0.3, -0.25) is 4.99 Å². The average Bonchev–Trinajstić information content (AvgIpc) is 3.20. The Balaban J connectivity index is 0.00000243. The van der Waals surface area contributed by atoms with Gasteiger partial charge in [-0.05, 0) is 35.7 Å². The average molecular weight is 462 g/mol. The lowest BCUT2D eigenvalue weighted by Gasteiger charge is -2.12. The van der Waals surface area contributed by atoms with Gasteiger partial charge in [0.15, 0.2) is 11.8 Å². The molecule has 0 aliphatic heterocycles. The highest BCUT2D eigenvalue weighted by Crippen LogP contribution is 2.06. The molecule has 3 aromatic rings. The van der Waals surface area contributed by atoms with Crippen LogP contribution in [0.5, 0.6) is 0 Å². The van der Waals surface area contributed by atoms with E-state index in [0.29, 0.717) is 6.54 Å². The van der Waals surface area contributed by atoms with Crippen molar-refractivity contribution in [3.05, 3.63) is 78.2 Å². The smallest absolute Gasteiger partial charge is 0.191 e. The Labute approximate surface area is 170 Å². The number of nitrogens with one attached hydrogen (secondary N) is 2. The van der Waals surface area contributed by atoms with E-state index in [1.165, 1.54) is 5.56 Å². The predicted octanol–water partition coefficient (Wildman–Crippen LogP) is 2.79. The molecule has 7 heteroatoms. The van der Waals surface area contributed by atoms with Gasteiger partial charge in [-0.1, -0.05) is 30.3 Å². The highest BCUT2D eigenvalue weighted by atomic mass is 127. The van der Waals surface area contributed by atoms with Gasteiger partial charge in [0.05, 0.1) is 0 Å². The summed E-state index contributed by atoms with van der Waals surface area (Å²) in [5.74, 6) is 1.59. The summed E-state index contributed by atoms with van der Waals surface area (Å²) in [5.41, 5.74) is 2.43. The van der Waals surface area contributed by atoms with Crippen molar-refractivity contribution in [2.24, 2.45) is 4.99 Å². The first kappa shape index (κ1) is 19.9. The van der Waals surface area contributed by atoms with Gasteiger partial charge in [0.2, 0.25) is 0 Å². The van der Waals surface area contributed by atoms with E-state index in [4.69, 9.17) is 0 Å². The zero-order valence-electron chi connectivity index (χ0n) is 14.7. The van der Waals surface area contributed by atoms with E-state index in [-0.39, 0.29) is 24.0 Å². The SMILES string of the molecule is CN=C(NCCc1ccccc1)NCc1ccnc(-n2cccn2)c1.I. The summed E-state index contributed by atoms with van der Waals surface area (Å²) in [7, 11) is 1.78. The van der Waals surface area contributed by atoms with Crippen molar-refractivity contribution in [1.29, 1.82) is 0 Å². The van der Waals surface area contributed by atoms with Crippen molar-refractivity contribution in [2.75, 3.05) is 13.6 Å². The Morgan fingerprint density at radius 3 is 2.62 bits per heavy atom. The molecule has 0 bridgehead atoms. The van der Waals surface area contributed by atoms with Crippen LogP contribution in [0.25, 0.3) is 5.82 Å². The molecule has 136 valence electrons. The summed E-state index contributed by atoms with van der Waals surface area (Å²) in [5, 5.41) is 10.9. The van der Waals surface area contributed by atoms with Gasteiger partial charge in [-0.25, -0.2) is 9.67 Å². The molecule has 6 nitrogen and oxygen atoms in total. The monoisotopic (exact) mass is 462 g/mol. The summed E-state index contributed by atoms with van der Waals surface area (Å²) in [6, 6.07) is 16.3. The number of benzene rings is 1. The molecular weight excluding hydrogens is 439 g/mol. The molecule has 1 aromatic carbocycles. The van der Waals surface area contributed by atoms with E-state index in [2.05, 4.69) is 50.0 Å². The van der Waals surface area contributed by atoms with Crippen LogP contribution < -0.4 is 10.6 Å². The molecule has 0 aliphatic carbocycles. The third-order valence-corrected chi connectivity index (χ3v) is 3.78. The molecule has 2 N–H and O–H groups in total. The molecule has 0 fully saturated rings. The van der Waals surface area contributed by atoms with Gasteiger partial charge in [0.1, 0.15) is 0 Å². The second kappa shape index (κ2) is 10.5. The third-order valence-electron chi connectivity index (χ3n) is 3.78. The standard InChI is InChI=1S/C19H22N6.HI/c1-20-19(22-12-8-16-6-3-2-4-7-16)23-15-17-9-11-21-18(14-17)25-13-5-10-24-25;/h2-7,9-11,13-14H,8,12,15H2,1H3,(H2,20,22,23);1H. The van der Waals surface area contributed by atoms with Crippen molar-refractivity contribution < 1.29 is 0 Å². The molecule has 0 saturated carbocycles. The lowest BCUT2D eigenvalue weighted by molar-refractivity contribution is 0.789. The second-order valence-electron chi connectivity index (χ2n) is 5.56. The van der Waals surface area contributed by atoms with Crippen molar-refractivity contribution in [3.8, 4) is 5.82 Å². The molecule has 0 saturated heterocycles. The van der Waals surface area contributed by atoms with Crippen LogP contribution in [-0.4, -0.2) is 34.3 Å². The number of pyridine rings is 1. The fourth-order valence-electron chi connectivity index (χ4n) is 2.48. The zero-order chi connectivity index (χ0) is 17.3. The Morgan fingerprint density at radius 2 is 1.88 bits per heavy atom. The van der Waals surface area contributed by atoms with Crippen LogP contribution in [0.15, 0.2) is 72.1 Å². The van der Waals surface area contributed by atoms with Gasteiger partial charge in [-0.15, -0.1) is 24.0 Å². The highest BCUT2D eigenvalue weighted by Gasteiger charge is 2.02. The minimum Gasteiger partial charge on any atom is -0.356 e. The van der Waals surface area contributed by atoms with E-state index >= 15 is 0 Å². The van der Waals surface area contributed by atoms with E-state index in [9.17, 15) is 0 Å². The Hall–Kier alpha value is -2.42. The predicted molar refractivity (Wildman–Crippen MR) is 115 cm³/mol. The Kier molecular flexibility index (Phi) is 8.07. The van der Waals surface area contributed by atoms with Crippen LogP contribution in [-0.2, 0) is 13.0 Å². The third kappa shape index (κ3) is 5.83. The van der Waals surface area contributed by atoms with Gasteiger partial charge in [0, 0.05) is 38.7 Å². The first-order chi connectivity index (χ1) is 12.3. The molecule has 0 aliphatic rings. The van der Waals surface area contributed by atoms with Crippen molar-refractivity contribution in [2.45, 2.75) is 13.0 Å². The Bertz CT molecular complexity index is 802. The van der Waals surface area contributed by atoms with Crippen molar-refractivity contribution in [1.82, 2.24) is 25.4 Å². The number of nitrogens with zero attached hydrogens (tertiary/aromatic N) is 4. The molecule has 0 atom stereocenters. The lowest BCUT2D eigenvalue weighted by atomic mass is 10.1. The van der Waals surface area contributed by atoms with Crippen LogP contribution in [0.2, 0.25) is 0 Å². The van der Waals surface area contributed by atoms with Gasteiger partial charge in [-0.2, -0.15) is 5.10 Å². The molecule has 0 spiro atoms. The largest absolute Gasteiger partial charge is 0.356 e. The number of hydrogen-bond donors (Lipinski definition) is 2. The van der Waals surface area contributed by atoms with Crippen molar-refractivity contribution in [3.63, 3.8) is 0 Å². The number of aromatic nitrogens is 3. The maximum atomic E-state index is 4.34. The van der Waals surface area contributed by atoms with E-state index in [1.807, 2.05) is 30.5 Å². The van der Waals surface area contributed by atoms with Crippen LogP contribution in [0.3, 0.4) is 0 Å². The number of halogens is 1. The second-order valence-corrected chi connectivity index (χ2v) is 5.56. The quantitative estimate of drug-likeness (QED) is 0.336. The molecular formula is C19H23IN6. The fourth-order valence-corrected chi connectivity index (χ4v) is 2.48. The van der Waals surface area contributed by atoms with E-state index < -0.39 is 0 Å². The molecule has 3 rings (SSSR count). The van der Waals surface area contributed by atoms with Crippen LogP contribution in [0.1, 0.15) is 11.1 Å². The first-order valence-electron chi connectivity index (χ1n) is 8.28. The number of hydrogen-bond acceptors (Lipinski definition) is 3. The summed E-state index contributed by atoms with van der Waals surface area (Å²) in [4.78, 5) is 8.61. The maximum Gasteiger partial charge on any atom is 0.191 e. The molecule has 0 unspecified atom stereocenters. The highest BCUT2D eigenvalue weighted by molar-refractivity contribution is 14.0.